The quantitative estimate of drug-likeness (QED) is 0.335. The van der Waals surface area contributed by atoms with Crippen LogP contribution in [-0.2, 0) is 42.9 Å². The molecule has 2 aliphatic rings. The molecule has 1 aliphatic heterocycles. The van der Waals surface area contributed by atoms with Crippen LogP contribution in [0.1, 0.15) is 64.4 Å². The molecule has 1 aliphatic carbocycles. The van der Waals surface area contributed by atoms with E-state index >= 15 is 0 Å². The molecule has 216 valence electrons. The Hall–Kier alpha value is -3.22. The van der Waals surface area contributed by atoms with Crippen molar-refractivity contribution in [1.82, 2.24) is 0 Å². The van der Waals surface area contributed by atoms with Gasteiger partial charge in [-0.3, -0.25) is 14.4 Å². The smallest absolute Gasteiger partial charge is 0.339 e. The largest absolute Gasteiger partial charge is 0.467 e. The summed E-state index contributed by atoms with van der Waals surface area (Å²) in [7, 11) is 1.11. The number of carbonyl (C=O) groups excluding carboxylic acids is 4. The molecule has 12 nitrogen and oxygen atoms in total. The topological polar surface area (TPSA) is 170 Å². The van der Waals surface area contributed by atoms with Crippen molar-refractivity contribution in [3.63, 3.8) is 0 Å². The third-order valence-corrected chi connectivity index (χ3v) is 6.97. The molecule has 6 atom stereocenters. The second-order valence-electron chi connectivity index (χ2n) is 9.81. The Kier molecular flexibility index (Phi) is 10.3. The molecule has 1 saturated carbocycles. The van der Waals surface area contributed by atoms with Crippen LogP contribution in [0.2, 0.25) is 0 Å². The number of ether oxygens (including phenoxy) is 6. The van der Waals surface area contributed by atoms with Gasteiger partial charge in [0.05, 0.1) is 12.7 Å². The Balaban J connectivity index is 1.92. The molecule has 3 rings (SSSR count). The summed E-state index contributed by atoms with van der Waals surface area (Å²) < 4.78 is 32.5. The van der Waals surface area contributed by atoms with Crippen LogP contribution in [0.3, 0.4) is 0 Å². The van der Waals surface area contributed by atoms with E-state index in [-0.39, 0.29) is 18.2 Å². The number of esters is 4. The molecule has 0 radical (unpaired) electrons. The molecular formula is C27H37NO11. The third kappa shape index (κ3) is 7.46. The van der Waals surface area contributed by atoms with Crippen molar-refractivity contribution >= 4 is 23.9 Å². The molecule has 0 unspecified atom stereocenters. The Morgan fingerprint density at radius 2 is 1.46 bits per heavy atom. The number of hydrogen-bond donors (Lipinski definition) is 2. The number of hydrogen-bond acceptors (Lipinski definition) is 12. The zero-order chi connectivity index (χ0) is 28.7. The number of nitrogens with two attached hydrogens (primary N) is 1. The van der Waals surface area contributed by atoms with E-state index < -0.39 is 60.2 Å². The van der Waals surface area contributed by atoms with Crippen molar-refractivity contribution in [1.29, 1.82) is 0 Å². The van der Waals surface area contributed by atoms with Crippen molar-refractivity contribution in [2.75, 3.05) is 13.7 Å². The molecule has 1 saturated heterocycles. The Morgan fingerprint density at radius 1 is 0.923 bits per heavy atom. The lowest BCUT2D eigenvalue weighted by atomic mass is 9.73. The highest BCUT2D eigenvalue weighted by atomic mass is 16.7. The van der Waals surface area contributed by atoms with Gasteiger partial charge in [-0.05, 0) is 30.5 Å². The van der Waals surface area contributed by atoms with Crippen LogP contribution in [-0.4, -0.2) is 78.9 Å². The zero-order valence-electron chi connectivity index (χ0n) is 22.6. The maximum absolute atomic E-state index is 12.6. The summed E-state index contributed by atoms with van der Waals surface area (Å²) in [4.78, 5) is 48.3. The van der Waals surface area contributed by atoms with Crippen LogP contribution in [0.4, 0.5) is 0 Å². The molecule has 0 bridgehead atoms. The fraction of sp³-hybridized carbons (Fsp3) is 0.630. The second-order valence-corrected chi connectivity index (χ2v) is 9.81. The summed E-state index contributed by atoms with van der Waals surface area (Å²) in [6.07, 6.45) is -3.05. The van der Waals surface area contributed by atoms with Gasteiger partial charge in [-0.2, -0.15) is 0 Å². The molecule has 12 heteroatoms. The highest BCUT2D eigenvalue weighted by molar-refractivity contribution is 5.77. The lowest BCUT2D eigenvalue weighted by Crippen LogP contribution is -2.64. The molecule has 1 aromatic rings. The molecule has 2 fully saturated rings. The SMILES string of the molecule is COC(=O)[C@H]1O[C@@H](Oc2ccc([C@@H](CN)C3(O)CCCCC3)cc2)[C@H](OC(C)=O)[C@@H](OC(C)=O)[C@@H]1OC(C)=O. The second kappa shape index (κ2) is 13.2. The predicted octanol–water partition coefficient (Wildman–Crippen LogP) is 1.50. The summed E-state index contributed by atoms with van der Waals surface area (Å²) >= 11 is 0. The molecule has 0 spiro atoms. The van der Waals surface area contributed by atoms with E-state index in [1.807, 2.05) is 0 Å². The van der Waals surface area contributed by atoms with Gasteiger partial charge in [-0.1, -0.05) is 31.4 Å². The number of aliphatic hydroxyl groups is 1. The lowest BCUT2D eigenvalue weighted by molar-refractivity contribution is -0.282. The highest BCUT2D eigenvalue weighted by Gasteiger charge is 2.55. The Morgan fingerprint density at radius 3 is 1.97 bits per heavy atom. The van der Waals surface area contributed by atoms with Crippen molar-refractivity contribution in [2.45, 2.75) is 95.1 Å². The summed E-state index contributed by atoms with van der Waals surface area (Å²) in [5.41, 5.74) is 5.99. The molecule has 1 aromatic carbocycles. The van der Waals surface area contributed by atoms with E-state index in [1.54, 1.807) is 24.3 Å². The van der Waals surface area contributed by atoms with E-state index in [0.717, 1.165) is 52.7 Å². The Bertz CT molecular complexity index is 1020. The molecule has 0 aromatic heterocycles. The molecule has 3 N–H and O–H groups in total. The van der Waals surface area contributed by atoms with Gasteiger partial charge in [0.2, 0.25) is 12.4 Å². The van der Waals surface area contributed by atoms with Gasteiger partial charge in [-0.25, -0.2) is 4.79 Å². The molecule has 39 heavy (non-hydrogen) atoms. The van der Waals surface area contributed by atoms with Crippen LogP contribution in [0.15, 0.2) is 24.3 Å². The van der Waals surface area contributed by atoms with E-state index in [2.05, 4.69) is 0 Å². The lowest BCUT2D eigenvalue weighted by Gasteiger charge is -2.43. The number of benzene rings is 1. The monoisotopic (exact) mass is 551 g/mol. The fourth-order valence-corrected chi connectivity index (χ4v) is 5.27. The maximum atomic E-state index is 12.6. The summed E-state index contributed by atoms with van der Waals surface area (Å²) in [6, 6.07) is 6.80. The van der Waals surface area contributed by atoms with Crippen molar-refractivity contribution in [3.8, 4) is 5.75 Å². The summed E-state index contributed by atoms with van der Waals surface area (Å²) in [5.74, 6) is -3.25. The minimum Gasteiger partial charge on any atom is -0.467 e. The van der Waals surface area contributed by atoms with Gasteiger partial charge < -0.3 is 39.3 Å². The van der Waals surface area contributed by atoms with Crippen LogP contribution >= 0.6 is 0 Å². The maximum Gasteiger partial charge on any atom is 0.339 e. The molecular weight excluding hydrogens is 514 g/mol. The van der Waals surface area contributed by atoms with Gasteiger partial charge in [0.1, 0.15) is 5.75 Å². The van der Waals surface area contributed by atoms with Gasteiger partial charge in [-0.15, -0.1) is 0 Å². The fourth-order valence-electron chi connectivity index (χ4n) is 5.27. The number of methoxy groups -OCH3 is 1. The highest BCUT2D eigenvalue weighted by Crippen LogP contribution is 2.40. The standard InChI is InChI=1S/C27H37NO11/c1-15(29)35-21-22(36-16(2)30)24(37-17(3)31)26(39-23(21)25(32)34-4)38-19-10-8-18(9-11-19)20(14-28)27(33)12-6-5-7-13-27/h8-11,20-24,26,33H,5-7,12-14,28H2,1-4H3/t20-,21+,22+,23+,24-,26-/m1/s1. The molecule has 0 amide bonds. The van der Waals surface area contributed by atoms with E-state index in [9.17, 15) is 24.3 Å². The minimum atomic E-state index is -1.55. The summed E-state index contributed by atoms with van der Waals surface area (Å²) in [5, 5.41) is 11.2. The average molecular weight is 552 g/mol. The molecule has 1 heterocycles. The van der Waals surface area contributed by atoms with Crippen LogP contribution in [0.5, 0.6) is 5.75 Å². The van der Waals surface area contributed by atoms with Gasteiger partial charge in [0.15, 0.2) is 18.3 Å². The van der Waals surface area contributed by atoms with Gasteiger partial charge >= 0.3 is 23.9 Å². The van der Waals surface area contributed by atoms with Crippen LogP contribution < -0.4 is 10.5 Å². The van der Waals surface area contributed by atoms with E-state index in [4.69, 9.17) is 34.2 Å². The van der Waals surface area contributed by atoms with Crippen LogP contribution in [0, 0.1) is 0 Å². The van der Waals surface area contributed by atoms with Crippen molar-refractivity contribution < 1.29 is 52.7 Å². The summed E-state index contributed by atoms with van der Waals surface area (Å²) in [6.45, 7) is 3.61. The zero-order valence-corrected chi connectivity index (χ0v) is 22.6. The van der Waals surface area contributed by atoms with E-state index in [0.29, 0.717) is 12.8 Å². The minimum absolute atomic E-state index is 0.263. The van der Waals surface area contributed by atoms with Gasteiger partial charge in [0.25, 0.3) is 0 Å². The normalized spacial score (nSPS) is 27.0. The van der Waals surface area contributed by atoms with Gasteiger partial charge in [0, 0.05) is 33.2 Å². The van der Waals surface area contributed by atoms with Crippen LogP contribution in [0.25, 0.3) is 0 Å². The number of carbonyl (C=O) groups is 4. The van der Waals surface area contributed by atoms with Crippen molar-refractivity contribution in [3.05, 3.63) is 29.8 Å². The first-order chi connectivity index (χ1) is 18.5. The Labute approximate surface area is 227 Å². The van der Waals surface area contributed by atoms with E-state index in [1.165, 1.54) is 0 Å². The number of rotatable bonds is 9. The first kappa shape index (κ1) is 30.3. The third-order valence-electron chi connectivity index (χ3n) is 6.97. The average Bonchev–Trinajstić information content (AvgIpc) is 2.87. The first-order valence-corrected chi connectivity index (χ1v) is 12.9. The van der Waals surface area contributed by atoms with Crippen molar-refractivity contribution in [2.24, 2.45) is 5.73 Å². The predicted molar refractivity (Wildman–Crippen MR) is 134 cm³/mol. The first-order valence-electron chi connectivity index (χ1n) is 12.9.